The Balaban J connectivity index is 0.00000512. The van der Waals surface area contributed by atoms with Crippen LogP contribution in [0, 0.1) is 0 Å². The van der Waals surface area contributed by atoms with Crippen molar-refractivity contribution >= 4 is 35.8 Å². The van der Waals surface area contributed by atoms with Gasteiger partial charge in [-0.2, -0.15) is 0 Å². The highest BCUT2D eigenvalue weighted by Crippen LogP contribution is 2.15. The molecular weight excluding hydrogens is 521 g/mol. The van der Waals surface area contributed by atoms with Crippen LogP contribution in [0.15, 0.2) is 29.3 Å². The molecule has 1 heterocycles. The molecule has 2 rings (SSSR count). The monoisotopic (exact) mass is 561 g/mol. The molecule has 8 nitrogen and oxygen atoms in total. The Morgan fingerprint density at radius 3 is 2.62 bits per heavy atom. The van der Waals surface area contributed by atoms with E-state index in [0.717, 1.165) is 43.9 Å². The van der Waals surface area contributed by atoms with E-state index in [9.17, 15) is 4.79 Å². The van der Waals surface area contributed by atoms with Crippen LogP contribution in [-0.4, -0.2) is 75.4 Å². The number of hydrogen-bond acceptors (Lipinski definition) is 5. The van der Waals surface area contributed by atoms with Gasteiger partial charge < -0.3 is 25.4 Å². The lowest BCUT2D eigenvalue weighted by molar-refractivity contribution is -0.121. The summed E-state index contributed by atoms with van der Waals surface area (Å²) >= 11 is 0. The highest BCUT2D eigenvalue weighted by atomic mass is 127. The maximum absolute atomic E-state index is 12.0. The number of carbonyl (C=O) groups is 1. The molecule has 0 bridgehead atoms. The average molecular weight is 562 g/mol. The minimum absolute atomic E-state index is 0. The van der Waals surface area contributed by atoms with Gasteiger partial charge in [0.15, 0.2) is 5.96 Å². The smallest absolute Gasteiger partial charge is 0.239 e. The molecule has 0 aliphatic carbocycles. The molecule has 0 unspecified atom stereocenters. The van der Waals surface area contributed by atoms with E-state index in [0.29, 0.717) is 25.2 Å². The number of nitrogens with one attached hydrogen (secondary N) is 3. The number of carbonyl (C=O) groups excluding carboxylic acids is 1. The molecule has 0 radical (unpaired) electrons. The van der Waals surface area contributed by atoms with Gasteiger partial charge in [0.1, 0.15) is 12.4 Å². The first-order chi connectivity index (χ1) is 14.8. The zero-order chi connectivity index (χ0) is 22.7. The summed E-state index contributed by atoms with van der Waals surface area (Å²) in [6, 6.07) is 8.61. The van der Waals surface area contributed by atoms with Gasteiger partial charge in [-0.3, -0.25) is 14.7 Å². The summed E-state index contributed by atoms with van der Waals surface area (Å²) in [5.74, 6) is 1.36. The average Bonchev–Trinajstić information content (AvgIpc) is 2.73. The van der Waals surface area contributed by atoms with Crippen LogP contribution in [0.2, 0.25) is 0 Å². The van der Waals surface area contributed by atoms with Crippen LogP contribution in [0.1, 0.15) is 39.2 Å². The predicted octanol–water partition coefficient (Wildman–Crippen LogP) is 2.37. The molecule has 182 valence electrons. The number of rotatable bonds is 9. The number of halogens is 1. The van der Waals surface area contributed by atoms with Crippen LogP contribution in [0.5, 0.6) is 5.75 Å². The summed E-state index contributed by atoms with van der Waals surface area (Å²) < 4.78 is 11.4. The minimum Gasteiger partial charge on any atom is -0.492 e. The SMILES string of the molecule is CN=C(NCC(=O)NC(C)(C)C)NCc1cccc(OCCN(C)C2CCOCC2)c1.I. The van der Waals surface area contributed by atoms with Crippen LogP contribution in [0.3, 0.4) is 0 Å². The van der Waals surface area contributed by atoms with Crippen LogP contribution in [0.4, 0.5) is 0 Å². The van der Waals surface area contributed by atoms with Crippen molar-refractivity contribution in [2.75, 3.05) is 47.0 Å². The van der Waals surface area contributed by atoms with Crippen LogP contribution < -0.4 is 20.7 Å². The molecule has 3 N–H and O–H groups in total. The number of guanidine groups is 1. The van der Waals surface area contributed by atoms with Gasteiger partial charge >= 0.3 is 0 Å². The Morgan fingerprint density at radius 2 is 1.97 bits per heavy atom. The van der Waals surface area contributed by atoms with E-state index < -0.39 is 0 Å². The summed E-state index contributed by atoms with van der Waals surface area (Å²) in [6.45, 7) is 9.86. The molecule has 0 spiro atoms. The normalized spacial score (nSPS) is 15.1. The number of benzene rings is 1. The van der Waals surface area contributed by atoms with Gasteiger partial charge in [0, 0.05) is 44.9 Å². The largest absolute Gasteiger partial charge is 0.492 e. The number of nitrogens with zero attached hydrogens (tertiary/aromatic N) is 2. The van der Waals surface area contributed by atoms with Gasteiger partial charge in [0.05, 0.1) is 6.54 Å². The second-order valence-electron chi connectivity index (χ2n) is 8.90. The molecule has 1 aromatic rings. The Bertz CT molecular complexity index is 718. The molecule has 1 aromatic carbocycles. The Labute approximate surface area is 209 Å². The topological polar surface area (TPSA) is 87.2 Å². The molecule has 1 amide bonds. The Kier molecular flexibility index (Phi) is 12.9. The molecule has 1 fully saturated rings. The molecule has 0 saturated carbocycles. The van der Waals surface area contributed by atoms with Crippen molar-refractivity contribution < 1.29 is 14.3 Å². The van der Waals surface area contributed by atoms with E-state index in [1.54, 1.807) is 7.05 Å². The number of likely N-dealkylation sites (N-methyl/N-ethyl adjacent to an activating group) is 1. The maximum Gasteiger partial charge on any atom is 0.239 e. The van der Waals surface area contributed by atoms with Crippen LogP contribution >= 0.6 is 24.0 Å². The fraction of sp³-hybridized carbons (Fsp3) is 0.652. The third-order valence-corrected chi connectivity index (χ3v) is 5.04. The van der Waals surface area contributed by atoms with E-state index in [4.69, 9.17) is 9.47 Å². The summed E-state index contributed by atoms with van der Waals surface area (Å²) in [7, 11) is 3.84. The molecule has 32 heavy (non-hydrogen) atoms. The second-order valence-corrected chi connectivity index (χ2v) is 8.90. The number of amides is 1. The fourth-order valence-corrected chi connectivity index (χ4v) is 3.39. The molecule has 1 saturated heterocycles. The summed E-state index contributed by atoms with van der Waals surface area (Å²) in [6.07, 6.45) is 2.18. The van der Waals surface area contributed by atoms with Crippen molar-refractivity contribution in [1.82, 2.24) is 20.9 Å². The Morgan fingerprint density at radius 1 is 1.25 bits per heavy atom. The summed E-state index contributed by atoms with van der Waals surface area (Å²) in [5.41, 5.74) is 0.827. The summed E-state index contributed by atoms with van der Waals surface area (Å²) in [5, 5.41) is 9.19. The minimum atomic E-state index is -0.254. The van der Waals surface area contributed by atoms with Crippen molar-refractivity contribution in [2.45, 2.75) is 51.7 Å². The van der Waals surface area contributed by atoms with E-state index in [1.165, 1.54) is 0 Å². The fourth-order valence-electron chi connectivity index (χ4n) is 3.39. The molecule has 1 aliphatic heterocycles. The van der Waals surface area contributed by atoms with Gasteiger partial charge in [-0.05, 0) is 58.4 Å². The zero-order valence-corrected chi connectivity index (χ0v) is 22.4. The van der Waals surface area contributed by atoms with Crippen molar-refractivity contribution in [2.24, 2.45) is 4.99 Å². The van der Waals surface area contributed by atoms with Crippen molar-refractivity contribution in [3.05, 3.63) is 29.8 Å². The van der Waals surface area contributed by atoms with E-state index in [2.05, 4.69) is 32.9 Å². The third kappa shape index (κ3) is 11.3. The molecular formula is C23H40IN5O3. The van der Waals surface area contributed by atoms with Crippen LogP contribution in [0.25, 0.3) is 0 Å². The number of hydrogen-bond donors (Lipinski definition) is 3. The van der Waals surface area contributed by atoms with Gasteiger partial charge in [-0.25, -0.2) is 0 Å². The Hall–Kier alpha value is -1.59. The van der Waals surface area contributed by atoms with Gasteiger partial charge in [0.25, 0.3) is 0 Å². The second kappa shape index (κ2) is 14.5. The lowest BCUT2D eigenvalue weighted by Crippen LogP contribution is -2.48. The third-order valence-electron chi connectivity index (χ3n) is 5.04. The van der Waals surface area contributed by atoms with Crippen molar-refractivity contribution in [1.29, 1.82) is 0 Å². The van der Waals surface area contributed by atoms with Crippen molar-refractivity contribution in [3.8, 4) is 5.75 Å². The van der Waals surface area contributed by atoms with E-state index >= 15 is 0 Å². The maximum atomic E-state index is 12.0. The van der Waals surface area contributed by atoms with Crippen molar-refractivity contribution in [3.63, 3.8) is 0 Å². The van der Waals surface area contributed by atoms with E-state index in [-0.39, 0.29) is 42.0 Å². The van der Waals surface area contributed by atoms with Gasteiger partial charge in [-0.15, -0.1) is 24.0 Å². The first-order valence-electron chi connectivity index (χ1n) is 11.0. The molecule has 0 atom stereocenters. The summed E-state index contributed by atoms with van der Waals surface area (Å²) in [4.78, 5) is 18.5. The number of aliphatic imine (C=N–C) groups is 1. The standard InChI is InChI=1S/C23H39N5O3.HI/c1-23(2,3)27-21(29)17-26-22(24-4)25-16-18-7-6-8-20(15-18)31-14-11-28(5)19-9-12-30-13-10-19;/h6-8,15,19H,9-14,16-17H2,1-5H3,(H,27,29)(H2,24,25,26);1H. The lowest BCUT2D eigenvalue weighted by atomic mass is 10.1. The molecule has 1 aliphatic rings. The molecule has 0 aromatic heterocycles. The van der Waals surface area contributed by atoms with Gasteiger partial charge in [-0.1, -0.05) is 12.1 Å². The lowest BCUT2D eigenvalue weighted by Gasteiger charge is -2.31. The number of ether oxygens (including phenoxy) is 2. The predicted molar refractivity (Wildman–Crippen MR) is 140 cm³/mol. The first kappa shape index (κ1) is 28.4. The van der Waals surface area contributed by atoms with E-state index in [1.807, 2.05) is 45.0 Å². The highest BCUT2D eigenvalue weighted by molar-refractivity contribution is 14.0. The highest BCUT2D eigenvalue weighted by Gasteiger charge is 2.18. The quantitative estimate of drug-likeness (QED) is 0.244. The zero-order valence-electron chi connectivity index (χ0n) is 20.1. The molecule has 9 heteroatoms. The van der Waals surface area contributed by atoms with Gasteiger partial charge in [0.2, 0.25) is 5.91 Å². The first-order valence-corrected chi connectivity index (χ1v) is 11.0. The van der Waals surface area contributed by atoms with Crippen LogP contribution in [-0.2, 0) is 16.1 Å².